The van der Waals surface area contributed by atoms with Crippen LogP contribution in [0, 0.1) is 5.92 Å². The molecular formula is C14H26N4. The van der Waals surface area contributed by atoms with Crippen molar-refractivity contribution in [2.24, 2.45) is 18.7 Å². The average molecular weight is 250 g/mol. The van der Waals surface area contributed by atoms with Crippen LogP contribution < -0.4 is 5.73 Å². The van der Waals surface area contributed by atoms with Gasteiger partial charge in [0.1, 0.15) is 0 Å². The Hall–Kier alpha value is -0.870. The molecule has 18 heavy (non-hydrogen) atoms. The third-order valence-corrected chi connectivity index (χ3v) is 4.63. The minimum atomic E-state index is 0.205. The Morgan fingerprint density at radius 1 is 1.61 bits per heavy atom. The van der Waals surface area contributed by atoms with Gasteiger partial charge in [-0.1, -0.05) is 13.3 Å². The minimum absolute atomic E-state index is 0.205. The number of hydrogen-bond donors (Lipinski definition) is 1. The Morgan fingerprint density at radius 3 is 2.89 bits per heavy atom. The normalized spacial score (nSPS) is 28.2. The first kappa shape index (κ1) is 13.6. The third kappa shape index (κ3) is 2.59. The molecule has 0 aromatic carbocycles. The van der Waals surface area contributed by atoms with Gasteiger partial charge in [-0.2, -0.15) is 5.10 Å². The largest absolute Gasteiger partial charge is 0.329 e. The summed E-state index contributed by atoms with van der Waals surface area (Å²) in [5, 5.41) is 4.23. The van der Waals surface area contributed by atoms with Crippen molar-refractivity contribution in [3.63, 3.8) is 0 Å². The van der Waals surface area contributed by atoms with E-state index < -0.39 is 0 Å². The van der Waals surface area contributed by atoms with Crippen molar-refractivity contribution in [3.8, 4) is 0 Å². The summed E-state index contributed by atoms with van der Waals surface area (Å²) in [6, 6.07) is 0. The molecule has 0 spiro atoms. The lowest BCUT2D eigenvalue weighted by molar-refractivity contribution is 0.119. The van der Waals surface area contributed by atoms with E-state index in [1.807, 2.05) is 17.9 Å². The average Bonchev–Trinajstić information content (AvgIpc) is 2.96. The number of rotatable bonds is 5. The predicted molar refractivity (Wildman–Crippen MR) is 74.1 cm³/mol. The number of hydrogen-bond acceptors (Lipinski definition) is 3. The Bertz CT molecular complexity index is 387. The molecule has 2 rings (SSSR count). The fourth-order valence-corrected chi connectivity index (χ4v) is 3.25. The van der Waals surface area contributed by atoms with Crippen LogP contribution in [0.1, 0.15) is 38.2 Å². The van der Waals surface area contributed by atoms with E-state index in [4.69, 9.17) is 5.73 Å². The minimum Gasteiger partial charge on any atom is -0.329 e. The highest BCUT2D eigenvalue weighted by Gasteiger charge is 2.40. The maximum Gasteiger partial charge on any atom is 0.0534 e. The molecule has 1 aliphatic rings. The van der Waals surface area contributed by atoms with Gasteiger partial charge in [0.15, 0.2) is 0 Å². The van der Waals surface area contributed by atoms with Crippen LogP contribution >= 0.6 is 0 Å². The molecule has 1 saturated carbocycles. The van der Waals surface area contributed by atoms with Crippen LogP contribution in [0.15, 0.2) is 12.4 Å². The molecule has 2 unspecified atom stereocenters. The van der Waals surface area contributed by atoms with Gasteiger partial charge in [-0.05, 0) is 32.2 Å². The molecule has 0 aliphatic heterocycles. The molecule has 1 aromatic heterocycles. The van der Waals surface area contributed by atoms with E-state index in [-0.39, 0.29) is 5.54 Å². The van der Waals surface area contributed by atoms with Crippen molar-refractivity contribution in [1.82, 2.24) is 14.7 Å². The van der Waals surface area contributed by atoms with E-state index in [0.29, 0.717) is 0 Å². The molecule has 4 nitrogen and oxygen atoms in total. The zero-order valence-electron chi connectivity index (χ0n) is 11.9. The Kier molecular flexibility index (Phi) is 4.07. The number of aryl methyl sites for hydroxylation is 1. The zero-order chi connectivity index (χ0) is 13.2. The summed E-state index contributed by atoms with van der Waals surface area (Å²) in [6.07, 6.45) is 9.13. The fraction of sp³-hybridized carbons (Fsp3) is 0.786. The van der Waals surface area contributed by atoms with Gasteiger partial charge in [-0.25, -0.2) is 0 Å². The summed E-state index contributed by atoms with van der Waals surface area (Å²) < 4.78 is 1.86. The first-order chi connectivity index (χ1) is 8.59. The molecule has 2 atom stereocenters. The van der Waals surface area contributed by atoms with Gasteiger partial charge < -0.3 is 5.73 Å². The second kappa shape index (κ2) is 5.41. The summed E-state index contributed by atoms with van der Waals surface area (Å²) in [5.41, 5.74) is 7.56. The highest BCUT2D eigenvalue weighted by atomic mass is 15.3. The first-order valence-corrected chi connectivity index (χ1v) is 6.98. The van der Waals surface area contributed by atoms with Gasteiger partial charge >= 0.3 is 0 Å². The molecule has 0 radical (unpaired) electrons. The van der Waals surface area contributed by atoms with E-state index in [1.54, 1.807) is 0 Å². The van der Waals surface area contributed by atoms with Gasteiger partial charge in [-0.3, -0.25) is 9.58 Å². The quantitative estimate of drug-likeness (QED) is 0.866. The summed E-state index contributed by atoms with van der Waals surface area (Å²) in [7, 11) is 4.17. The smallest absolute Gasteiger partial charge is 0.0534 e. The van der Waals surface area contributed by atoms with Crippen LogP contribution in [-0.2, 0) is 13.6 Å². The topological polar surface area (TPSA) is 47.1 Å². The Balaban J connectivity index is 2.04. The van der Waals surface area contributed by atoms with Crippen LogP contribution in [0.5, 0.6) is 0 Å². The third-order valence-electron chi connectivity index (χ3n) is 4.63. The number of nitrogens with two attached hydrogens (primary N) is 1. The molecular weight excluding hydrogens is 224 g/mol. The lowest BCUT2D eigenvalue weighted by atomic mass is 9.93. The van der Waals surface area contributed by atoms with E-state index in [2.05, 4.69) is 30.2 Å². The standard InChI is InChI=1S/C14H26N4/c1-4-12-5-6-14(7-12,11-15)17(2)9-13-8-16-18(3)10-13/h8,10,12H,4-7,9,11,15H2,1-3H3. The van der Waals surface area contributed by atoms with Crippen molar-refractivity contribution < 1.29 is 0 Å². The highest BCUT2D eigenvalue weighted by molar-refractivity contribution is 5.06. The van der Waals surface area contributed by atoms with E-state index in [0.717, 1.165) is 19.0 Å². The molecule has 2 N–H and O–H groups in total. The summed E-state index contributed by atoms with van der Waals surface area (Å²) in [5.74, 6) is 0.852. The second-order valence-electron chi connectivity index (χ2n) is 5.82. The van der Waals surface area contributed by atoms with Gasteiger partial charge in [0, 0.05) is 37.4 Å². The molecule has 1 aromatic rings. The molecule has 1 aliphatic carbocycles. The number of nitrogens with zero attached hydrogens (tertiary/aromatic N) is 3. The molecule has 0 amide bonds. The van der Waals surface area contributed by atoms with Gasteiger partial charge in [0.05, 0.1) is 6.20 Å². The van der Waals surface area contributed by atoms with Crippen molar-refractivity contribution >= 4 is 0 Å². The zero-order valence-corrected chi connectivity index (χ0v) is 11.9. The predicted octanol–water partition coefficient (Wildman–Crippen LogP) is 1.76. The van der Waals surface area contributed by atoms with E-state index in [9.17, 15) is 0 Å². The van der Waals surface area contributed by atoms with Gasteiger partial charge in [-0.15, -0.1) is 0 Å². The van der Waals surface area contributed by atoms with Crippen molar-refractivity contribution in [2.45, 2.75) is 44.7 Å². The Labute approximate surface area is 110 Å². The van der Waals surface area contributed by atoms with Crippen LogP contribution in [0.4, 0.5) is 0 Å². The number of likely N-dealkylation sites (N-methyl/N-ethyl adjacent to an activating group) is 1. The van der Waals surface area contributed by atoms with Crippen LogP contribution in [-0.4, -0.2) is 33.8 Å². The maximum absolute atomic E-state index is 6.08. The lowest BCUT2D eigenvalue weighted by Crippen LogP contribution is -2.49. The summed E-state index contributed by atoms with van der Waals surface area (Å²) in [6.45, 7) is 4.00. The number of aromatic nitrogens is 2. The summed E-state index contributed by atoms with van der Waals surface area (Å²) >= 11 is 0. The van der Waals surface area contributed by atoms with E-state index >= 15 is 0 Å². The Morgan fingerprint density at radius 2 is 2.39 bits per heavy atom. The van der Waals surface area contributed by atoms with Crippen molar-refractivity contribution in [2.75, 3.05) is 13.6 Å². The molecule has 1 heterocycles. The SMILES string of the molecule is CCC1CCC(CN)(N(C)Cc2cnn(C)c2)C1. The molecule has 4 heteroatoms. The molecule has 0 bridgehead atoms. The van der Waals surface area contributed by atoms with Crippen LogP contribution in [0.3, 0.4) is 0 Å². The molecule has 0 saturated heterocycles. The van der Waals surface area contributed by atoms with Gasteiger partial charge in [0.25, 0.3) is 0 Å². The van der Waals surface area contributed by atoms with Crippen LogP contribution in [0.2, 0.25) is 0 Å². The highest BCUT2D eigenvalue weighted by Crippen LogP contribution is 2.39. The van der Waals surface area contributed by atoms with Crippen molar-refractivity contribution in [1.29, 1.82) is 0 Å². The fourth-order valence-electron chi connectivity index (χ4n) is 3.25. The maximum atomic E-state index is 6.08. The second-order valence-corrected chi connectivity index (χ2v) is 5.82. The monoisotopic (exact) mass is 250 g/mol. The van der Waals surface area contributed by atoms with Gasteiger partial charge in [0.2, 0.25) is 0 Å². The molecule has 1 fully saturated rings. The summed E-state index contributed by atoms with van der Waals surface area (Å²) in [4.78, 5) is 2.44. The lowest BCUT2D eigenvalue weighted by Gasteiger charge is -2.38. The van der Waals surface area contributed by atoms with Crippen molar-refractivity contribution in [3.05, 3.63) is 18.0 Å². The molecule has 102 valence electrons. The van der Waals surface area contributed by atoms with E-state index in [1.165, 1.54) is 31.2 Å². The van der Waals surface area contributed by atoms with Crippen LogP contribution in [0.25, 0.3) is 0 Å². The first-order valence-electron chi connectivity index (χ1n) is 6.98.